The van der Waals surface area contributed by atoms with Crippen molar-refractivity contribution in [1.82, 2.24) is 0 Å². The first-order chi connectivity index (χ1) is 2.27. The number of nitrogens with two attached hydrogens (primary N) is 1. The van der Waals surface area contributed by atoms with E-state index in [4.69, 9.17) is 0 Å². The third-order valence-electron chi connectivity index (χ3n) is 0.201. The minimum absolute atomic E-state index is 0. The summed E-state index contributed by atoms with van der Waals surface area (Å²) in [5.41, 5.74) is 4.53. The van der Waals surface area contributed by atoms with Gasteiger partial charge in [-0.2, -0.15) is 0 Å². The van der Waals surface area contributed by atoms with Gasteiger partial charge in [0.1, 0.15) is 0 Å². The third-order valence-corrected chi connectivity index (χ3v) is 0.201. The van der Waals surface area contributed by atoms with Crippen LogP contribution in [0.5, 0.6) is 0 Å². The topological polar surface area (TPSA) is 74.6 Å². The molecule has 0 aromatic rings. The summed E-state index contributed by atoms with van der Waals surface area (Å²) in [6, 6.07) is 0. The number of primary amides is 1. The Morgan fingerprint density at radius 3 is 2.00 bits per heavy atom. The van der Waals surface area contributed by atoms with Gasteiger partial charge in [-0.25, -0.2) is 0 Å². The summed E-state index contributed by atoms with van der Waals surface area (Å²) in [5.74, 6) is -0.481. The van der Waals surface area contributed by atoms with Crippen LogP contribution in [0.25, 0.3) is 0 Å². The van der Waals surface area contributed by atoms with E-state index in [1.54, 1.807) is 0 Å². The van der Waals surface area contributed by atoms with E-state index in [0.717, 1.165) is 6.08 Å². The molecular formula is C3H9MgNO2. The van der Waals surface area contributed by atoms with E-state index in [-0.39, 0.29) is 31.4 Å². The Bertz CT molecular complexity index is 70.8. The molecule has 0 aromatic carbocycles. The van der Waals surface area contributed by atoms with E-state index in [2.05, 4.69) is 12.3 Å². The molecule has 0 aliphatic rings. The van der Waals surface area contributed by atoms with E-state index < -0.39 is 5.91 Å². The van der Waals surface area contributed by atoms with Crippen molar-refractivity contribution in [3.63, 3.8) is 0 Å². The van der Waals surface area contributed by atoms with Gasteiger partial charge < -0.3 is 14.1 Å². The Balaban J connectivity index is -0.0000000133. The van der Waals surface area contributed by atoms with Crippen molar-refractivity contribution < 1.29 is 13.1 Å². The molecule has 0 saturated carbocycles. The largest absolute Gasteiger partial charge is 2.00 e. The molecule has 0 aliphatic carbocycles. The summed E-state index contributed by atoms with van der Waals surface area (Å²) in [6.45, 7) is 3.09. The Morgan fingerprint density at radius 2 is 2.00 bits per heavy atom. The average molecular weight is 115 g/mol. The summed E-state index contributed by atoms with van der Waals surface area (Å²) >= 11 is 0. The van der Waals surface area contributed by atoms with Gasteiger partial charge in [0.05, 0.1) is 0 Å². The minimum atomic E-state index is -0.481. The first-order valence-electron chi connectivity index (χ1n) is 1.19. The van der Waals surface area contributed by atoms with Crippen molar-refractivity contribution in [3.8, 4) is 0 Å². The molecule has 0 aromatic heterocycles. The van der Waals surface area contributed by atoms with Crippen LogP contribution in [0.15, 0.2) is 12.7 Å². The minimum Gasteiger partial charge on any atom is -1.00 e. The summed E-state index contributed by atoms with van der Waals surface area (Å²) < 4.78 is 0. The van der Waals surface area contributed by atoms with E-state index in [9.17, 15) is 4.79 Å². The van der Waals surface area contributed by atoms with E-state index in [1.165, 1.54) is 0 Å². The quantitative estimate of drug-likeness (QED) is 0.334. The molecule has 0 unspecified atom stereocenters. The second kappa shape index (κ2) is 9.34. The number of hydrogen-bond acceptors (Lipinski definition) is 1. The summed E-state index contributed by atoms with van der Waals surface area (Å²) in [7, 11) is 0. The van der Waals surface area contributed by atoms with Crippen LogP contribution >= 0.6 is 0 Å². The SMILES string of the molecule is C=CC(N)=O.O.[H-].[H-].[Mg+2]. The predicted octanol–water partition coefficient (Wildman–Crippen LogP) is -1.32. The molecule has 0 saturated heterocycles. The molecule has 0 radical (unpaired) electrons. The number of hydrogen-bond donors (Lipinski definition) is 1. The van der Waals surface area contributed by atoms with Gasteiger partial charge in [-0.05, 0) is 6.08 Å². The van der Waals surface area contributed by atoms with Crippen LogP contribution in [0.4, 0.5) is 0 Å². The molecule has 0 atom stereocenters. The van der Waals surface area contributed by atoms with Crippen LogP contribution in [-0.4, -0.2) is 34.4 Å². The maximum atomic E-state index is 9.47. The molecule has 0 heterocycles. The van der Waals surface area contributed by atoms with Gasteiger partial charge in [-0.15, -0.1) is 0 Å². The number of amides is 1. The maximum Gasteiger partial charge on any atom is 2.00 e. The van der Waals surface area contributed by atoms with Crippen LogP contribution in [0.3, 0.4) is 0 Å². The van der Waals surface area contributed by atoms with Gasteiger partial charge in [0, 0.05) is 0 Å². The molecule has 0 rings (SSSR count). The van der Waals surface area contributed by atoms with Crippen LogP contribution in [-0.2, 0) is 4.79 Å². The maximum absolute atomic E-state index is 9.47. The Morgan fingerprint density at radius 1 is 1.86 bits per heavy atom. The number of carbonyl (C=O) groups is 1. The van der Waals surface area contributed by atoms with Gasteiger partial charge in [-0.1, -0.05) is 6.58 Å². The number of rotatable bonds is 1. The smallest absolute Gasteiger partial charge is 1.00 e. The predicted molar refractivity (Wildman–Crippen MR) is 31.0 cm³/mol. The normalized spacial score (nSPS) is 4.57. The molecule has 7 heavy (non-hydrogen) atoms. The molecule has 0 spiro atoms. The van der Waals surface area contributed by atoms with E-state index in [0.29, 0.717) is 0 Å². The molecular weight excluding hydrogens is 106 g/mol. The van der Waals surface area contributed by atoms with Gasteiger partial charge in [0.15, 0.2) is 0 Å². The molecule has 40 valence electrons. The van der Waals surface area contributed by atoms with E-state index in [1.807, 2.05) is 0 Å². The summed E-state index contributed by atoms with van der Waals surface area (Å²) in [5, 5.41) is 0. The second-order valence-corrected chi connectivity index (χ2v) is 0.606. The number of carbonyl (C=O) groups excluding carboxylic acids is 1. The molecule has 0 fully saturated rings. The van der Waals surface area contributed by atoms with Gasteiger partial charge >= 0.3 is 23.1 Å². The van der Waals surface area contributed by atoms with E-state index >= 15 is 0 Å². The monoisotopic (exact) mass is 115 g/mol. The second-order valence-electron chi connectivity index (χ2n) is 0.606. The standard InChI is InChI=1S/C3H5NO.Mg.H2O.2H/c1-2-3(4)5;;;;/h2H,1H2,(H2,4,5);;1H2;;/q;+2;;2*-1. The first-order valence-corrected chi connectivity index (χ1v) is 1.19. The van der Waals surface area contributed by atoms with Gasteiger partial charge in [0.2, 0.25) is 5.91 Å². The first kappa shape index (κ1) is 15.8. The molecule has 3 nitrogen and oxygen atoms in total. The van der Waals surface area contributed by atoms with Crippen LogP contribution < -0.4 is 5.73 Å². The molecule has 0 bridgehead atoms. The van der Waals surface area contributed by atoms with Gasteiger partial charge in [0.25, 0.3) is 0 Å². The van der Waals surface area contributed by atoms with Crippen molar-refractivity contribution >= 4 is 29.0 Å². The van der Waals surface area contributed by atoms with Crippen LogP contribution in [0, 0.1) is 0 Å². The van der Waals surface area contributed by atoms with Crippen molar-refractivity contribution in [1.29, 1.82) is 0 Å². The van der Waals surface area contributed by atoms with Crippen molar-refractivity contribution in [2.75, 3.05) is 0 Å². The average Bonchev–Trinajstić information content (AvgIpc) is 1.38. The molecule has 4 N–H and O–H groups in total. The van der Waals surface area contributed by atoms with Crippen LogP contribution in [0.1, 0.15) is 2.85 Å². The van der Waals surface area contributed by atoms with Crippen molar-refractivity contribution in [2.24, 2.45) is 5.73 Å². The summed E-state index contributed by atoms with van der Waals surface area (Å²) in [6.07, 6.45) is 1.06. The zero-order valence-corrected chi connectivity index (χ0v) is 5.39. The fraction of sp³-hybridized carbons (Fsp3) is 0. The Hall–Kier alpha value is -0.0638. The van der Waals surface area contributed by atoms with Crippen molar-refractivity contribution in [2.45, 2.75) is 0 Å². The third kappa shape index (κ3) is 24.5. The fourth-order valence-electron chi connectivity index (χ4n) is 0. The van der Waals surface area contributed by atoms with Crippen molar-refractivity contribution in [3.05, 3.63) is 12.7 Å². The van der Waals surface area contributed by atoms with Crippen LogP contribution in [0.2, 0.25) is 0 Å². The molecule has 1 amide bonds. The molecule has 4 heteroatoms. The fourth-order valence-corrected chi connectivity index (χ4v) is 0. The molecule has 0 aliphatic heterocycles. The van der Waals surface area contributed by atoms with Gasteiger partial charge in [-0.3, -0.25) is 4.79 Å². The Labute approximate surface area is 61.0 Å². The Kier molecular flexibility index (Phi) is 21.0. The summed E-state index contributed by atoms with van der Waals surface area (Å²) in [4.78, 5) is 9.47. The zero-order valence-electron chi connectivity index (χ0n) is 5.98. The zero-order chi connectivity index (χ0) is 4.28.